The van der Waals surface area contributed by atoms with E-state index in [1.54, 1.807) is 18.3 Å². The molecular weight excluding hydrogens is 243 g/mol. The molecule has 0 spiro atoms. The zero-order valence-electron chi connectivity index (χ0n) is 11.5. The summed E-state index contributed by atoms with van der Waals surface area (Å²) in [5.74, 6) is 0.992. The van der Waals surface area contributed by atoms with E-state index in [4.69, 9.17) is 4.42 Å². The van der Waals surface area contributed by atoms with Gasteiger partial charge in [-0.3, -0.25) is 0 Å². The van der Waals surface area contributed by atoms with Gasteiger partial charge in [0.25, 0.3) is 0 Å². The zero-order chi connectivity index (χ0) is 13.9. The third-order valence-corrected chi connectivity index (χ3v) is 2.66. The molecule has 0 bridgehead atoms. The second-order valence-electron chi connectivity index (χ2n) is 5.56. The molecule has 102 valence electrons. The summed E-state index contributed by atoms with van der Waals surface area (Å²) in [5.41, 5.74) is 0.792. The normalized spacial score (nSPS) is 11.8. The molecule has 1 aromatic heterocycles. The van der Waals surface area contributed by atoms with E-state index in [0.29, 0.717) is 23.6 Å². The Morgan fingerprint density at radius 3 is 2.79 bits per heavy atom. The van der Waals surface area contributed by atoms with Gasteiger partial charge in [-0.25, -0.2) is 9.37 Å². The average molecular weight is 262 g/mol. The molecule has 19 heavy (non-hydrogen) atoms. The Hall–Kier alpha value is -1.68. The molecule has 0 saturated carbocycles. The van der Waals surface area contributed by atoms with E-state index < -0.39 is 0 Å². The van der Waals surface area contributed by atoms with Crippen molar-refractivity contribution in [3.8, 4) is 11.3 Å². The molecule has 0 saturated heterocycles. The fourth-order valence-corrected chi connectivity index (χ4v) is 1.75. The fraction of sp³-hybridized carbons (Fsp3) is 0.400. The topological polar surface area (TPSA) is 38.1 Å². The predicted octanol–water partition coefficient (Wildman–Crippen LogP) is 3.41. The predicted molar refractivity (Wildman–Crippen MR) is 73.4 cm³/mol. The molecule has 1 heterocycles. The quantitative estimate of drug-likeness (QED) is 0.917. The highest BCUT2D eigenvalue weighted by molar-refractivity contribution is 5.56. The molecule has 0 fully saturated rings. The highest BCUT2D eigenvalue weighted by Gasteiger charge is 2.10. The van der Waals surface area contributed by atoms with Crippen molar-refractivity contribution >= 4 is 0 Å². The summed E-state index contributed by atoms with van der Waals surface area (Å²) in [7, 11) is 0. The van der Waals surface area contributed by atoms with Crippen LogP contribution in [0.2, 0.25) is 0 Å². The molecule has 0 atom stereocenters. The SMILES string of the molecule is CC(C)(C)NCCc1ncc(-c2cccc(F)c2)o1. The number of aromatic nitrogens is 1. The van der Waals surface area contributed by atoms with Crippen LogP contribution in [0.15, 0.2) is 34.9 Å². The lowest BCUT2D eigenvalue weighted by atomic mass is 10.1. The first-order valence-electron chi connectivity index (χ1n) is 6.40. The van der Waals surface area contributed by atoms with Gasteiger partial charge in [-0.05, 0) is 32.9 Å². The summed E-state index contributed by atoms with van der Waals surface area (Å²) < 4.78 is 18.7. The largest absolute Gasteiger partial charge is 0.441 e. The highest BCUT2D eigenvalue weighted by atomic mass is 19.1. The molecular formula is C15H19FN2O. The third-order valence-electron chi connectivity index (χ3n) is 2.66. The lowest BCUT2D eigenvalue weighted by Gasteiger charge is -2.19. The second kappa shape index (κ2) is 5.53. The van der Waals surface area contributed by atoms with Gasteiger partial charge in [0.1, 0.15) is 5.82 Å². The third kappa shape index (κ3) is 4.17. The van der Waals surface area contributed by atoms with Crippen LogP contribution in [-0.2, 0) is 6.42 Å². The molecule has 2 aromatic rings. The summed E-state index contributed by atoms with van der Waals surface area (Å²) in [6.07, 6.45) is 2.35. The number of halogens is 1. The fourth-order valence-electron chi connectivity index (χ4n) is 1.75. The van der Waals surface area contributed by atoms with Crippen LogP contribution in [-0.4, -0.2) is 17.1 Å². The van der Waals surface area contributed by atoms with Crippen molar-refractivity contribution in [2.24, 2.45) is 0 Å². The Kier molecular flexibility index (Phi) is 4.00. The lowest BCUT2D eigenvalue weighted by molar-refractivity contribution is 0.411. The van der Waals surface area contributed by atoms with Gasteiger partial charge < -0.3 is 9.73 Å². The second-order valence-corrected chi connectivity index (χ2v) is 5.56. The number of nitrogens with zero attached hydrogens (tertiary/aromatic N) is 1. The summed E-state index contributed by atoms with van der Waals surface area (Å²) in [6.45, 7) is 7.13. The van der Waals surface area contributed by atoms with Crippen LogP contribution in [0.1, 0.15) is 26.7 Å². The maximum absolute atomic E-state index is 13.1. The van der Waals surface area contributed by atoms with Crippen molar-refractivity contribution in [1.29, 1.82) is 0 Å². The monoisotopic (exact) mass is 262 g/mol. The van der Waals surface area contributed by atoms with E-state index in [9.17, 15) is 4.39 Å². The molecule has 0 amide bonds. The van der Waals surface area contributed by atoms with Gasteiger partial charge in [0.05, 0.1) is 6.20 Å². The van der Waals surface area contributed by atoms with E-state index in [1.165, 1.54) is 12.1 Å². The van der Waals surface area contributed by atoms with Gasteiger partial charge in [0, 0.05) is 24.1 Å². The number of rotatable bonds is 4. The van der Waals surface area contributed by atoms with Crippen molar-refractivity contribution in [2.45, 2.75) is 32.7 Å². The minimum Gasteiger partial charge on any atom is -0.441 e. The molecule has 2 rings (SSSR count). The van der Waals surface area contributed by atoms with E-state index >= 15 is 0 Å². The summed E-state index contributed by atoms with van der Waals surface area (Å²) in [4.78, 5) is 4.21. The lowest BCUT2D eigenvalue weighted by Crippen LogP contribution is -2.37. The summed E-state index contributed by atoms with van der Waals surface area (Å²) >= 11 is 0. The van der Waals surface area contributed by atoms with E-state index in [2.05, 4.69) is 31.1 Å². The Balaban J connectivity index is 1.99. The number of oxazole rings is 1. The molecule has 1 aromatic carbocycles. The zero-order valence-corrected chi connectivity index (χ0v) is 11.5. The van der Waals surface area contributed by atoms with Crippen LogP contribution in [0.5, 0.6) is 0 Å². The maximum Gasteiger partial charge on any atom is 0.196 e. The van der Waals surface area contributed by atoms with Crippen LogP contribution >= 0.6 is 0 Å². The van der Waals surface area contributed by atoms with Gasteiger partial charge in [-0.2, -0.15) is 0 Å². The molecule has 0 aliphatic carbocycles. The van der Waals surface area contributed by atoms with Gasteiger partial charge in [0.2, 0.25) is 0 Å². The summed E-state index contributed by atoms with van der Waals surface area (Å²) in [6, 6.07) is 6.32. The van der Waals surface area contributed by atoms with E-state index in [1.807, 2.05) is 0 Å². The minimum absolute atomic E-state index is 0.0813. The number of hydrogen-bond donors (Lipinski definition) is 1. The Morgan fingerprint density at radius 1 is 1.32 bits per heavy atom. The number of nitrogens with one attached hydrogen (secondary N) is 1. The molecule has 0 unspecified atom stereocenters. The van der Waals surface area contributed by atoms with Crippen LogP contribution in [0, 0.1) is 5.82 Å². The van der Waals surface area contributed by atoms with Crippen molar-refractivity contribution in [1.82, 2.24) is 10.3 Å². The molecule has 0 aliphatic heterocycles. The first kappa shape index (κ1) is 13.7. The molecule has 4 heteroatoms. The molecule has 0 radical (unpaired) electrons. The van der Waals surface area contributed by atoms with Gasteiger partial charge in [0.15, 0.2) is 11.7 Å². The first-order valence-corrected chi connectivity index (χ1v) is 6.40. The van der Waals surface area contributed by atoms with E-state index in [0.717, 1.165) is 6.54 Å². The van der Waals surface area contributed by atoms with Crippen molar-refractivity contribution in [3.63, 3.8) is 0 Å². The highest BCUT2D eigenvalue weighted by Crippen LogP contribution is 2.21. The standard InChI is InChI=1S/C15H19FN2O/c1-15(2,3)18-8-7-14-17-10-13(19-14)11-5-4-6-12(16)9-11/h4-6,9-10,18H,7-8H2,1-3H3. The number of benzene rings is 1. The molecule has 3 nitrogen and oxygen atoms in total. The first-order chi connectivity index (χ1) is 8.94. The Morgan fingerprint density at radius 2 is 2.11 bits per heavy atom. The maximum atomic E-state index is 13.1. The Bertz CT molecular complexity index is 543. The number of hydrogen-bond acceptors (Lipinski definition) is 3. The Labute approximate surface area is 112 Å². The smallest absolute Gasteiger partial charge is 0.196 e. The van der Waals surface area contributed by atoms with E-state index in [-0.39, 0.29) is 11.4 Å². The van der Waals surface area contributed by atoms with Crippen molar-refractivity contribution in [2.75, 3.05) is 6.54 Å². The van der Waals surface area contributed by atoms with Crippen LogP contribution in [0.25, 0.3) is 11.3 Å². The van der Waals surface area contributed by atoms with Gasteiger partial charge in [-0.15, -0.1) is 0 Å². The average Bonchev–Trinajstić information content (AvgIpc) is 2.76. The van der Waals surface area contributed by atoms with Crippen molar-refractivity contribution < 1.29 is 8.81 Å². The minimum atomic E-state index is -0.273. The van der Waals surface area contributed by atoms with Crippen LogP contribution < -0.4 is 5.32 Å². The summed E-state index contributed by atoms with van der Waals surface area (Å²) in [5, 5.41) is 3.37. The molecule has 1 N–H and O–H groups in total. The van der Waals surface area contributed by atoms with Crippen LogP contribution in [0.4, 0.5) is 4.39 Å². The van der Waals surface area contributed by atoms with Crippen molar-refractivity contribution in [3.05, 3.63) is 42.2 Å². The van der Waals surface area contributed by atoms with Gasteiger partial charge >= 0.3 is 0 Å². The van der Waals surface area contributed by atoms with Crippen LogP contribution in [0.3, 0.4) is 0 Å². The molecule has 0 aliphatic rings. The van der Waals surface area contributed by atoms with Gasteiger partial charge in [-0.1, -0.05) is 12.1 Å².